The summed E-state index contributed by atoms with van der Waals surface area (Å²) in [7, 11) is 0. The maximum Gasteiger partial charge on any atom is 0.148 e. The zero-order chi connectivity index (χ0) is 9.19. The molecule has 1 rings (SSSR count). The SMILES string of the molecule is CC1COC(C=O)CC(C)(C)C1. The average molecular weight is 170 g/mol. The number of carbonyl (C=O) groups excluding carboxylic acids is 1. The highest BCUT2D eigenvalue weighted by atomic mass is 16.5. The van der Waals surface area contributed by atoms with Crippen molar-refractivity contribution >= 4 is 6.29 Å². The molecule has 0 amide bonds. The van der Waals surface area contributed by atoms with Gasteiger partial charge in [0.25, 0.3) is 0 Å². The van der Waals surface area contributed by atoms with Crippen LogP contribution in [0.3, 0.4) is 0 Å². The molecule has 12 heavy (non-hydrogen) atoms. The van der Waals surface area contributed by atoms with Crippen molar-refractivity contribution in [3.63, 3.8) is 0 Å². The Morgan fingerprint density at radius 1 is 1.42 bits per heavy atom. The van der Waals surface area contributed by atoms with Gasteiger partial charge in [-0.1, -0.05) is 20.8 Å². The molecule has 0 radical (unpaired) electrons. The number of hydrogen-bond donors (Lipinski definition) is 0. The van der Waals surface area contributed by atoms with E-state index in [-0.39, 0.29) is 11.5 Å². The predicted octanol–water partition coefficient (Wildman–Crippen LogP) is 2.03. The van der Waals surface area contributed by atoms with E-state index in [9.17, 15) is 4.79 Å². The van der Waals surface area contributed by atoms with Crippen LogP contribution in [0.2, 0.25) is 0 Å². The Bertz CT molecular complexity index is 163. The van der Waals surface area contributed by atoms with Crippen molar-refractivity contribution in [1.82, 2.24) is 0 Å². The van der Waals surface area contributed by atoms with Gasteiger partial charge >= 0.3 is 0 Å². The first-order valence-electron chi connectivity index (χ1n) is 4.60. The zero-order valence-corrected chi connectivity index (χ0v) is 8.17. The van der Waals surface area contributed by atoms with E-state index in [0.717, 1.165) is 25.7 Å². The number of rotatable bonds is 1. The maximum atomic E-state index is 10.6. The lowest BCUT2D eigenvalue weighted by Crippen LogP contribution is -2.20. The summed E-state index contributed by atoms with van der Waals surface area (Å²) in [5.41, 5.74) is 0.251. The minimum Gasteiger partial charge on any atom is -0.370 e. The molecule has 2 heteroatoms. The fraction of sp³-hybridized carbons (Fsp3) is 0.900. The molecule has 1 aliphatic rings. The molecule has 0 aliphatic carbocycles. The summed E-state index contributed by atoms with van der Waals surface area (Å²) in [6.45, 7) is 7.31. The molecule has 0 aromatic rings. The van der Waals surface area contributed by atoms with Crippen LogP contribution in [0.25, 0.3) is 0 Å². The fourth-order valence-corrected chi connectivity index (χ4v) is 2.06. The van der Waals surface area contributed by atoms with Crippen LogP contribution in [-0.4, -0.2) is 19.0 Å². The van der Waals surface area contributed by atoms with Crippen LogP contribution in [0, 0.1) is 11.3 Å². The maximum absolute atomic E-state index is 10.6. The first-order chi connectivity index (χ1) is 5.53. The first kappa shape index (κ1) is 9.72. The van der Waals surface area contributed by atoms with Gasteiger partial charge in [-0.05, 0) is 24.2 Å². The summed E-state index contributed by atoms with van der Waals surface area (Å²) in [5.74, 6) is 0.574. The van der Waals surface area contributed by atoms with Gasteiger partial charge in [-0.3, -0.25) is 0 Å². The number of aldehydes is 1. The summed E-state index contributed by atoms with van der Waals surface area (Å²) >= 11 is 0. The molecule has 1 heterocycles. The molecular weight excluding hydrogens is 152 g/mol. The van der Waals surface area contributed by atoms with Crippen LogP contribution in [0.1, 0.15) is 33.6 Å². The van der Waals surface area contributed by atoms with Crippen molar-refractivity contribution in [2.24, 2.45) is 11.3 Å². The largest absolute Gasteiger partial charge is 0.370 e. The molecule has 1 saturated heterocycles. The summed E-state index contributed by atoms with van der Waals surface area (Å²) in [6.07, 6.45) is 2.77. The van der Waals surface area contributed by atoms with Gasteiger partial charge < -0.3 is 9.53 Å². The van der Waals surface area contributed by atoms with E-state index in [2.05, 4.69) is 20.8 Å². The van der Waals surface area contributed by atoms with Crippen LogP contribution < -0.4 is 0 Å². The van der Waals surface area contributed by atoms with Gasteiger partial charge in [0.1, 0.15) is 12.4 Å². The molecule has 1 aliphatic heterocycles. The van der Waals surface area contributed by atoms with Crippen LogP contribution >= 0.6 is 0 Å². The normalized spacial score (nSPS) is 35.6. The van der Waals surface area contributed by atoms with E-state index in [1.165, 1.54) is 0 Å². The lowest BCUT2D eigenvalue weighted by molar-refractivity contribution is -0.119. The van der Waals surface area contributed by atoms with Crippen molar-refractivity contribution in [2.75, 3.05) is 6.61 Å². The Kier molecular flexibility index (Phi) is 2.89. The Morgan fingerprint density at radius 3 is 2.67 bits per heavy atom. The molecule has 0 spiro atoms. The summed E-state index contributed by atoms with van der Waals surface area (Å²) < 4.78 is 5.43. The molecule has 1 fully saturated rings. The minimum atomic E-state index is -0.176. The molecular formula is C10H18O2. The highest BCUT2D eigenvalue weighted by Gasteiger charge is 2.29. The smallest absolute Gasteiger partial charge is 0.148 e. The van der Waals surface area contributed by atoms with E-state index >= 15 is 0 Å². The summed E-state index contributed by atoms with van der Waals surface area (Å²) in [5, 5.41) is 0. The van der Waals surface area contributed by atoms with Crippen molar-refractivity contribution < 1.29 is 9.53 Å². The average Bonchev–Trinajstić information content (AvgIpc) is 2.07. The second-order valence-electron chi connectivity index (χ2n) is 4.69. The van der Waals surface area contributed by atoms with Gasteiger partial charge in [0.2, 0.25) is 0 Å². The molecule has 2 nitrogen and oxygen atoms in total. The second-order valence-corrected chi connectivity index (χ2v) is 4.69. The van der Waals surface area contributed by atoms with Gasteiger partial charge in [0.15, 0.2) is 0 Å². The summed E-state index contributed by atoms with van der Waals surface area (Å²) in [6, 6.07) is 0. The lowest BCUT2D eigenvalue weighted by Gasteiger charge is -2.24. The van der Waals surface area contributed by atoms with Gasteiger partial charge in [0, 0.05) is 0 Å². The minimum absolute atomic E-state index is 0.176. The van der Waals surface area contributed by atoms with Crippen molar-refractivity contribution in [2.45, 2.75) is 39.7 Å². The third-order valence-electron chi connectivity index (χ3n) is 2.40. The topological polar surface area (TPSA) is 26.3 Å². The van der Waals surface area contributed by atoms with E-state index in [1.807, 2.05) is 0 Å². The molecule has 0 saturated carbocycles. The molecule has 0 aromatic heterocycles. The van der Waals surface area contributed by atoms with Gasteiger partial charge in [-0.15, -0.1) is 0 Å². The molecule has 2 atom stereocenters. The van der Waals surface area contributed by atoms with Gasteiger partial charge in [-0.25, -0.2) is 0 Å². The number of hydrogen-bond acceptors (Lipinski definition) is 2. The first-order valence-corrected chi connectivity index (χ1v) is 4.60. The van der Waals surface area contributed by atoms with Crippen LogP contribution in [0.5, 0.6) is 0 Å². The standard InChI is InChI=1S/C10H18O2/c1-8-4-10(2,3)5-9(6-11)12-7-8/h6,8-9H,4-5,7H2,1-3H3. The van der Waals surface area contributed by atoms with Crippen molar-refractivity contribution in [3.05, 3.63) is 0 Å². The Labute approximate surface area is 74.3 Å². The molecule has 0 N–H and O–H groups in total. The fourth-order valence-electron chi connectivity index (χ4n) is 2.06. The van der Waals surface area contributed by atoms with Crippen molar-refractivity contribution in [3.8, 4) is 0 Å². The van der Waals surface area contributed by atoms with Crippen molar-refractivity contribution in [1.29, 1.82) is 0 Å². The molecule has 0 bridgehead atoms. The monoisotopic (exact) mass is 170 g/mol. The second kappa shape index (κ2) is 3.56. The van der Waals surface area contributed by atoms with Gasteiger partial charge in [-0.2, -0.15) is 0 Å². The zero-order valence-electron chi connectivity index (χ0n) is 8.17. The van der Waals surface area contributed by atoms with E-state index in [4.69, 9.17) is 4.74 Å². The molecule has 2 unspecified atom stereocenters. The lowest BCUT2D eigenvalue weighted by atomic mass is 9.80. The number of carbonyl (C=O) groups is 1. The van der Waals surface area contributed by atoms with E-state index in [0.29, 0.717) is 5.92 Å². The van der Waals surface area contributed by atoms with Crippen LogP contribution in [0.15, 0.2) is 0 Å². The quantitative estimate of drug-likeness (QED) is 0.563. The summed E-state index contributed by atoms with van der Waals surface area (Å²) in [4.78, 5) is 10.6. The van der Waals surface area contributed by atoms with E-state index < -0.39 is 0 Å². The number of ether oxygens (including phenoxy) is 1. The van der Waals surface area contributed by atoms with Crippen LogP contribution in [0.4, 0.5) is 0 Å². The Morgan fingerprint density at radius 2 is 2.08 bits per heavy atom. The third-order valence-corrected chi connectivity index (χ3v) is 2.40. The van der Waals surface area contributed by atoms with Gasteiger partial charge in [0.05, 0.1) is 6.61 Å². The molecule has 0 aromatic carbocycles. The van der Waals surface area contributed by atoms with E-state index in [1.54, 1.807) is 0 Å². The third kappa shape index (κ3) is 2.59. The Balaban J connectivity index is 2.62. The van der Waals surface area contributed by atoms with Crippen LogP contribution in [-0.2, 0) is 9.53 Å². The molecule has 70 valence electrons. The Hall–Kier alpha value is -0.370. The predicted molar refractivity (Wildman–Crippen MR) is 48.0 cm³/mol. The highest BCUT2D eigenvalue weighted by Crippen LogP contribution is 2.33. The highest BCUT2D eigenvalue weighted by molar-refractivity contribution is 5.56.